The van der Waals surface area contributed by atoms with Gasteiger partial charge in [0, 0.05) is 0 Å². The summed E-state index contributed by atoms with van der Waals surface area (Å²) in [5.74, 6) is -1.34. The van der Waals surface area contributed by atoms with E-state index < -0.39 is 22.8 Å². The van der Waals surface area contributed by atoms with Gasteiger partial charge in [0.15, 0.2) is 0 Å². The number of hydrogen-bond acceptors (Lipinski definition) is 2. The van der Waals surface area contributed by atoms with Crippen LogP contribution in [0, 0.1) is 22.7 Å². The summed E-state index contributed by atoms with van der Waals surface area (Å²) in [5, 5.41) is 20.0. The normalized spacial score (nSPS) is 28.3. The zero-order valence-corrected chi connectivity index (χ0v) is 15.2. The maximum absolute atomic E-state index is 12.2. The molecular formula is C19H34O4. The monoisotopic (exact) mass is 326 g/mol. The second kappa shape index (κ2) is 8.16. The van der Waals surface area contributed by atoms with Gasteiger partial charge in [0.2, 0.25) is 0 Å². The lowest BCUT2D eigenvalue weighted by atomic mass is 9.50. The fraction of sp³-hybridized carbons (Fsp3) is 0.895. The summed E-state index contributed by atoms with van der Waals surface area (Å²) in [6.07, 6.45) is 7.14. The van der Waals surface area contributed by atoms with Crippen molar-refractivity contribution in [1.29, 1.82) is 0 Å². The third kappa shape index (κ3) is 3.89. The van der Waals surface area contributed by atoms with E-state index in [4.69, 9.17) is 0 Å². The molecule has 0 aromatic rings. The Bertz CT molecular complexity index is 416. The average Bonchev–Trinajstić information content (AvgIpc) is 2.45. The number of aliphatic carboxylic acids is 2. The molecule has 1 aliphatic rings. The summed E-state index contributed by atoms with van der Waals surface area (Å²) >= 11 is 0. The lowest BCUT2D eigenvalue weighted by Crippen LogP contribution is -2.57. The van der Waals surface area contributed by atoms with Crippen LogP contribution in [0.5, 0.6) is 0 Å². The summed E-state index contributed by atoms with van der Waals surface area (Å²) in [6.45, 7) is 8.12. The summed E-state index contributed by atoms with van der Waals surface area (Å²) in [5.41, 5.74) is -2.24. The molecule has 1 rings (SSSR count). The Morgan fingerprint density at radius 1 is 0.913 bits per heavy atom. The second-order valence-corrected chi connectivity index (χ2v) is 8.02. The second-order valence-electron chi connectivity index (χ2n) is 8.02. The molecule has 0 bridgehead atoms. The molecule has 134 valence electrons. The molecule has 2 atom stereocenters. The highest BCUT2D eigenvalue weighted by atomic mass is 16.4. The Kier molecular flexibility index (Phi) is 7.09. The van der Waals surface area contributed by atoms with Crippen molar-refractivity contribution in [2.24, 2.45) is 22.7 Å². The highest BCUT2D eigenvalue weighted by Crippen LogP contribution is 2.58. The Hall–Kier alpha value is -1.06. The van der Waals surface area contributed by atoms with Gasteiger partial charge >= 0.3 is 11.9 Å². The van der Waals surface area contributed by atoms with Crippen molar-refractivity contribution in [1.82, 2.24) is 0 Å². The highest BCUT2D eigenvalue weighted by Gasteiger charge is 2.63. The number of carboxylic acid groups (broad SMARTS) is 2. The molecule has 0 aromatic carbocycles. The first-order valence-electron chi connectivity index (χ1n) is 9.17. The van der Waals surface area contributed by atoms with Gasteiger partial charge in [-0.1, -0.05) is 66.2 Å². The van der Waals surface area contributed by atoms with Crippen molar-refractivity contribution in [3.05, 3.63) is 0 Å². The van der Waals surface area contributed by atoms with Gasteiger partial charge in [-0.15, -0.1) is 0 Å². The van der Waals surface area contributed by atoms with Gasteiger partial charge in [-0.05, 0) is 31.1 Å². The molecule has 0 radical (unpaired) electrons. The fourth-order valence-electron chi connectivity index (χ4n) is 4.60. The van der Waals surface area contributed by atoms with Crippen LogP contribution in [0.3, 0.4) is 0 Å². The first-order chi connectivity index (χ1) is 10.7. The highest BCUT2D eigenvalue weighted by molar-refractivity contribution is 5.87. The van der Waals surface area contributed by atoms with Crippen LogP contribution in [0.1, 0.15) is 85.5 Å². The SMILES string of the molecule is CC(C)CCCCCC1(C(=O)O)CCCCC1(C(=O)O)C(C)C. The fourth-order valence-corrected chi connectivity index (χ4v) is 4.60. The third-order valence-corrected chi connectivity index (χ3v) is 5.94. The van der Waals surface area contributed by atoms with Crippen molar-refractivity contribution >= 4 is 11.9 Å². The molecule has 4 nitrogen and oxygen atoms in total. The lowest BCUT2D eigenvalue weighted by Gasteiger charge is -2.51. The molecule has 0 aliphatic heterocycles. The van der Waals surface area contributed by atoms with E-state index in [1.807, 2.05) is 13.8 Å². The van der Waals surface area contributed by atoms with Crippen molar-refractivity contribution in [3.8, 4) is 0 Å². The molecule has 4 heteroatoms. The summed E-state index contributed by atoms with van der Waals surface area (Å²) < 4.78 is 0. The average molecular weight is 326 g/mol. The number of carbonyl (C=O) groups is 2. The van der Waals surface area contributed by atoms with Crippen molar-refractivity contribution in [2.75, 3.05) is 0 Å². The third-order valence-electron chi connectivity index (χ3n) is 5.94. The van der Waals surface area contributed by atoms with Gasteiger partial charge < -0.3 is 10.2 Å². The van der Waals surface area contributed by atoms with E-state index in [0.717, 1.165) is 38.5 Å². The first kappa shape index (κ1) is 20.0. The quantitative estimate of drug-likeness (QED) is 0.587. The lowest BCUT2D eigenvalue weighted by molar-refractivity contribution is -0.187. The van der Waals surface area contributed by atoms with E-state index >= 15 is 0 Å². The molecule has 1 aliphatic carbocycles. The Morgan fingerprint density at radius 3 is 2.00 bits per heavy atom. The van der Waals surface area contributed by atoms with Crippen LogP contribution >= 0.6 is 0 Å². The van der Waals surface area contributed by atoms with Gasteiger partial charge in [-0.25, -0.2) is 0 Å². The molecular weight excluding hydrogens is 292 g/mol. The van der Waals surface area contributed by atoms with E-state index in [2.05, 4.69) is 13.8 Å². The molecule has 23 heavy (non-hydrogen) atoms. The zero-order valence-electron chi connectivity index (χ0n) is 15.2. The standard InChI is InChI=1S/C19H34O4/c1-14(2)10-6-5-7-11-18(16(20)21)12-8-9-13-19(18,15(3)4)17(22)23/h14-15H,5-13H2,1-4H3,(H,20,21)(H,22,23). The van der Waals surface area contributed by atoms with Crippen molar-refractivity contribution in [2.45, 2.75) is 85.5 Å². The van der Waals surface area contributed by atoms with Gasteiger partial charge in [-0.2, -0.15) is 0 Å². The smallest absolute Gasteiger partial charge is 0.311 e. The molecule has 2 N–H and O–H groups in total. The van der Waals surface area contributed by atoms with Gasteiger partial charge in [0.25, 0.3) is 0 Å². The Balaban J connectivity index is 2.98. The van der Waals surface area contributed by atoms with E-state index in [1.54, 1.807) is 0 Å². The van der Waals surface area contributed by atoms with Crippen LogP contribution in [0.25, 0.3) is 0 Å². The minimum absolute atomic E-state index is 0.174. The van der Waals surface area contributed by atoms with Crippen LogP contribution in [0.4, 0.5) is 0 Å². The van der Waals surface area contributed by atoms with E-state index in [-0.39, 0.29) is 5.92 Å². The summed E-state index contributed by atoms with van der Waals surface area (Å²) in [4.78, 5) is 24.4. The Morgan fingerprint density at radius 2 is 1.52 bits per heavy atom. The zero-order chi connectivity index (χ0) is 17.7. The maximum Gasteiger partial charge on any atom is 0.311 e. The molecule has 2 unspecified atom stereocenters. The maximum atomic E-state index is 12.2. The molecule has 0 amide bonds. The topological polar surface area (TPSA) is 74.6 Å². The van der Waals surface area contributed by atoms with E-state index in [0.29, 0.717) is 25.2 Å². The van der Waals surface area contributed by atoms with Crippen LogP contribution < -0.4 is 0 Å². The predicted molar refractivity (Wildman–Crippen MR) is 91.4 cm³/mol. The predicted octanol–water partition coefficient (Wildman–Crippen LogP) is 4.96. The number of rotatable bonds is 9. The summed E-state index contributed by atoms with van der Waals surface area (Å²) in [7, 11) is 0. The van der Waals surface area contributed by atoms with Crippen molar-refractivity contribution in [3.63, 3.8) is 0 Å². The molecule has 0 aromatic heterocycles. The minimum atomic E-state index is -1.13. The van der Waals surface area contributed by atoms with Crippen LogP contribution in [-0.2, 0) is 9.59 Å². The molecule has 1 saturated carbocycles. The number of unbranched alkanes of at least 4 members (excludes halogenated alkanes) is 2. The molecule has 0 spiro atoms. The summed E-state index contributed by atoms with van der Waals surface area (Å²) in [6, 6.07) is 0. The van der Waals surface area contributed by atoms with E-state index in [9.17, 15) is 19.8 Å². The van der Waals surface area contributed by atoms with Crippen molar-refractivity contribution < 1.29 is 19.8 Å². The molecule has 0 heterocycles. The number of hydrogen-bond donors (Lipinski definition) is 2. The van der Waals surface area contributed by atoms with E-state index in [1.165, 1.54) is 0 Å². The van der Waals surface area contributed by atoms with Crippen LogP contribution in [-0.4, -0.2) is 22.2 Å². The van der Waals surface area contributed by atoms with Crippen LogP contribution in [0.2, 0.25) is 0 Å². The molecule has 1 fully saturated rings. The largest absolute Gasteiger partial charge is 0.481 e. The minimum Gasteiger partial charge on any atom is -0.481 e. The van der Waals surface area contributed by atoms with Gasteiger partial charge in [0.05, 0.1) is 10.8 Å². The van der Waals surface area contributed by atoms with Gasteiger partial charge in [-0.3, -0.25) is 9.59 Å². The van der Waals surface area contributed by atoms with Gasteiger partial charge in [0.1, 0.15) is 0 Å². The van der Waals surface area contributed by atoms with Crippen LogP contribution in [0.15, 0.2) is 0 Å². The molecule has 0 saturated heterocycles. The number of carboxylic acids is 2. The first-order valence-corrected chi connectivity index (χ1v) is 9.17. The Labute approximate surface area is 140 Å².